The molecule has 7 heteroatoms. The van der Waals surface area contributed by atoms with Gasteiger partial charge in [-0.2, -0.15) is 0 Å². The topological polar surface area (TPSA) is 71.1 Å². The smallest absolute Gasteiger partial charge is 0.272 e. The van der Waals surface area contributed by atoms with Crippen molar-refractivity contribution < 1.29 is 9.59 Å². The van der Waals surface area contributed by atoms with Crippen molar-refractivity contribution in [1.29, 1.82) is 0 Å². The molecule has 1 fully saturated rings. The molecule has 0 spiro atoms. The fourth-order valence-corrected chi connectivity index (χ4v) is 2.22. The number of halogens is 2. The number of hydrogen-bond acceptors (Lipinski definition) is 3. The molecule has 1 saturated heterocycles. The summed E-state index contributed by atoms with van der Waals surface area (Å²) in [6.45, 7) is 0.640. The first-order chi connectivity index (χ1) is 9.08. The summed E-state index contributed by atoms with van der Waals surface area (Å²) in [4.78, 5) is 27.7. The minimum absolute atomic E-state index is 0.0335. The van der Waals surface area contributed by atoms with E-state index in [4.69, 9.17) is 23.2 Å². The molecule has 1 aliphatic heterocycles. The molecule has 2 amide bonds. The van der Waals surface area contributed by atoms with Gasteiger partial charge in [-0.3, -0.25) is 9.59 Å². The van der Waals surface area contributed by atoms with Crippen molar-refractivity contribution >= 4 is 35.0 Å². The zero-order chi connectivity index (χ0) is 13.8. The minimum atomic E-state index is -0.549. The van der Waals surface area contributed by atoms with Gasteiger partial charge in [0.25, 0.3) is 5.91 Å². The molecule has 0 saturated carbocycles. The molecule has 2 rings (SSSR count). The van der Waals surface area contributed by atoms with Gasteiger partial charge in [-0.1, -0.05) is 23.2 Å². The molecule has 1 aliphatic rings. The van der Waals surface area contributed by atoms with Crippen LogP contribution < -0.4 is 10.6 Å². The Labute approximate surface area is 120 Å². The highest BCUT2D eigenvalue weighted by molar-refractivity contribution is 6.34. The van der Waals surface area contributed by atoms with Gasteiger partial charge in [-0.05, 0) is 31.4 Å². The number of nitrogens with one attached hydrogen (secondary N) is 2. The first-order valence-corrected chi connectivity index (χ1v) is 6.74. The zero-order valence-corrected chi connectivity index (χ0v) is 11.6. The van der Waals surface area contributed by atoms with E-state index >= 15 is 0 Å². The molecular weight excluding hydrogens is 289 g/mol. The summed E-state index contributed by atoms with van der Waals surface area (Å²) in [5.41, 5.74) is 0.0335. The van der Waals surface area contributed by atoms with E-state index in [1.165, 1.54) is 12.1 Å². The number of aromatic nitrogens is 1. The van der Waals surface area contributed by atoms with Crippen LogP contribution in [0.4, 0.5) is 0 Å². The average Bonchev–Trinajstić information content (AvgIpc) is 2.58. The summed E-state index contributed by atoms with van der Waals surface area (Å²) in [7, 11) is 0. The van der Waals surface area contributed by atoms with Gasteiger partial charge in [0.15, 0.2) is 0 Å². The van der Waals surface area contributed by atoms with E-state index in [1.807, 2.05) is 0 Å². The van der Waals surface area contributed by atoms with Crippen molar-refractivity contribution in [3.8, 4) is 0 Å². The van der Waals surface area contributed by atoms with E-state index in [0.717, 1.165) is 12.8 Å². The Balaban J connectivity index is 2.11. The molecule has 102 valence electrons. The van der Waals surface area contributed by atoms with Crippen molar-refractivity contribution in [2.75, 3.05) is 6.54 Å². The van der Waals surface area contributed by atoms with E-state index in [2.05, 4.69) is 15.6 Å². The standard InChI is InChI=1S/C12H13Cl2N3O2/c13-7-4-5-9(14)17-10(7)12(19)16-8-3-1-2-6-15-11(8)18/h4-5,8H,1-3,6H2,(H,15,18)(H,16,19). The summed E-state index contributed by atoms with van der Waals surface area (Å²) in [6, 6.07) is 2.45. The van der Waals surface area contributed by atoms with Gasteiger partial charge in [0.2, 0.25) is 5.91 Å². The molecule has 5 nitrogen and oxygen atoms in total. The van der Waals surface area contributed by atoms with Crippen LogP contribution in [0.1, 0.15) is 29.8 Å². The molecule has 0 aliphatic carbocycles. The number of rotatable bonds is 2. The number of pyridine rings is 1. The van der Waals surface area contributed by atoms with Gasteiger partial charge >= 0.3 is 0 Å². The minimum Gasteiger partial charge on any atom is -0.354 e. The molecule has 2 heterocycles. The molecule has 1 aromatic rings. The maximum Gasteiger partial charge on any atom is 0.272 e. The van der Waals surface area contributed by atoms with Gasteiger partial charge in [0, 0.05) is 6.54 Å². The second-order valence-electron chi connectivity index (χ2n) is 4.28. The summed E-state index contributed by atoms with van der Waals surface area (Å²) in [5, 5.41) is 5.77. The SMILES string of the molecule is O=C(NC1CCCCNC1=O)c1nc(Cl)ccc1Cl. The Morgan fingerprint density at radius 2 is 2.16 bits per heavy atom. The largest absolute Gasteiger partial charge is 0.354 e. The lowest BCUT2D eigenvalue weighted by Gasteiger charge is -2.15. The Morgan fingerprint density at radius 1 is 1.37 bits per heavy atom. The van der Waals surface area contributed by atoms with Crippen LogP contribution >= 0.6 is 23.2 Å². The predicted molar refractivity (Wildman–Crippen MR) is 72.4 cm³/mol. The lowest BCUT2D eigenvalue weighted by atomic mass is 10.1. The number of carbonyl (C=O) groups is 2. The summed E-state index contributed by atoms with van der Waals surface area (Å²) in [5.74, 6) is -0.668. The van der Waals surface area contributed by atoms with Gasteiger partial charge in [0.1, 0.15) is 16.9 Å². The Kier molecular flexibility index (Phi) is 4.61. The fraction of sp³-hybridized carbons (Fsp3) is 0.417. The van der Waals surface area contributed by atoms with Crippen LogP contribution in [0.3, 0.4) is 0 Å². The second kappa shape index (κ2) is 6.21. The maximum absolute atomic E-state index is 12.0. The van der Waals surface area contributed by atoms with Crippen LogP contribution in [0, 0.1) is 0 Å². The zero-order valence-electron chi connectivity index (χ0n) is 10.1. The molecule has 1 aromatic heterocycles. The third-order valence-corrected chi connectivity index (χ3v) is 3.38. The molecule has 1 atom stereocenters. The molecular formula is C12H13Cl2N3O2. The lowest BCUT2D eigenvalue weighted by molar-refractivity contribution is -0.122. The van der Waals surface area contributed by atoms with Crippen LogP contribution in [0.15, 0.2) is 12.1 Å². The summed E-state index contributed by atoms with van der Waals surface area (Å²) < 4.78 is 0. The van der Waals surface area contributed by atoms with Crippen molar-refractivity contribution in [3.05, 3.63) is 28.0 Å². The van der Waals surface area contributed by atoms with E-state index in [0.29, 0.717) is 13.0 Å². The van der Waals surface area contributed by atoms with Crippen molar-refractivity contribution in [2.45, 2.75) is 25.3 Å². The van der Waals surface area contributed by atoms with Crippen LogP contribution in [0.5, 0.6) is 0 Å². The van der Waals surface area contributed by atoms with Crippen molar-refractivity contribution in [2.24, 2.45) is 0 Å². The predicted octanol–water partition coefficient (Wildman–Crippen LogP) is 1.79. The van der Waals surface area contributed by atoms with Crippen LogP contribution in [-0.4, -0.2) is 29.4 Å². The van der Waals surface area contributed by atoms with Crippen LogP contribution in [0.25, 0.3) is 0 Å². The van der Waals surface area contributed by atoms with Gasteiger partial charge in [-0.15, -0.1) is 0 Å². The van der Waals surface area contributed by atoms with Gasteiger partial charge < -0.3 is 10.6 Å². The van der Waals surface area contributed by atoms with E-state index < -0.39 is 11.9 Å². The maximum atomic E-state index is 12.0. The Hall–Kier alpha value is -1.33. The fourth-order valence-electron chi connectivity index (χ4n) is 1.88. The second-order valence-corrected chi connectivity index (χ2v) is 5.07. The highest BCUT2D eigenvalue weighted by Crippen LogP contribution is 2.17. The molecule has 19 heavy (non-hydrogen) atoms. The van der Waals surface area contributed by atoms with Crippen LogP contribution in [-0.2, 0) is 4.79 Å². The highest BCUT2D eigenvalue weighted by atomic mass is 35.5. The lowest BCUT2D eigenvalue weighted by Crippen LogP contribution is -2.45. The summed E-state index contributed by atoms with van der Waals surface area (Å²) >= 11 is 11.6. The first kappa shape index (κ1) is 14.1. The molecule has 0 bridgehead atoms. The third-order valence-electron chi connectivity index (χ3n) is 2.87. The molecule has 0 radical (unpaired) electrons. The third kappa shape index (κ3) is 3.58. The molecule has 0 aromatic carbocycles. The number of carbonyl (C=O) groups excluding carboxylic acids is 2. The average molecular weight is 302 g/mol. The quantitative estimate of drug-likeness (QED) is 0.818. The van der Waals surface area contributed by atoms with Crippen molar-refractivity contribution in [3.63, 3.8) is 0 Å². The number of nitrogens with zero attached hydrogens (tertiary/aromatic N) is 1. The molecule has 2 N–H and O–H groups in total. The number of amides is 2. The Morgan fingerprint density at radius 3 is 2.95 bits per heavy atom. The Bertz CT molecular complexity index is 508. The van der Waals surface area contributed by atoms with E-state index in [1.54, 1.807) is 0 Å². The van der Waals surface area contributed by atoms with E-state index in [-0.39, 0.29) is 21.8 Å². The normalized spacial score (nSPS) is 19.5. The monoisotopic (exact) mass is 301 g/mol. The molecule has 1 unspecified atom stereocenters. The van der Waals surface area contributed by atoms with Gasteiger partial charge in [0.05, 0.1) is 5.02 Å². The van der Waals surface area contributed by atoms with Gasteiger partial charge in [-0.25, -0.2) is 4.98 Å². The number of hydrogen-bond donors (Lipinski definition) is 2. The van der Waals surface area contributed by atoms with Crippen LogP contribution in [0.2, 0.25) is 10.2 Å². The summed E-state index contributed by atoms with van der Waals surface area (Å²) in [6.07, 6.45) is 2.39. The first-order valence-electron chi connectivity index (χ1n) is 5.98. The van der Waals surface area contributed by atoms with Crippen molar-refractivity contribution in [1.82, 2.24) is 15.6 Å². The highest BCUT2D eigenvalue weighted by Gasteiger charge is 2.24. The van der Waals surface area contributed by atoms with E-state index in [9.17, 15) is 9.59 Å².